The van der Waals surface area contributed by atoms with E-state index in [-0.39, 0.29) is 16.3 Å². The number of alkyl halides is 3. The minimum atomic E-state index is -4.65. The van der Waals surface area contributed by atoms with Crippen molar-refractivity contribution in [2.75, 3.05) is 0 Å². The lowest BCUT2D eigenvalue weighted by Crippen LogP contribution is -2.11. The maximum absolute atomic E-state index is 13.8. The Labute approximate surface area is 120 Å². The predicted octanol–water partition coefficient (Wildman–Crippen LogP) is 3.60. The normalized spacial score (nSPS) is 11.7. The summed E-state index contributed by atoms with van der Waals surface area (Å²) in [6, 6.07) is 2.21. The summed E-state index contributed by atoms with van der Waals surface area (Å²) in [4.78, 5) is 10.9. The Kier molecular flexibility index (Phi) is 3.66. The van der Waals surface area contributed by atoms with Crippen LogP contribution in [0.2, 0.25) is 5.02 Å². The molecule has 1 heterocycles. The van der Waals surface area contributed by atoms with Crippen molar-refractivity contribution in [3.63, 3.8) is 0 Å². The molecule has 0 amide bonds. The minimum absolute atomic E-state index is 0.332. The van der Waals surface area contributed by atoms with Gasteiger partial charge in [-0.2, -0.15) is 18.3 Å². The summed E-state index contributed by atoms with van der Waals surface area (Å²) >= 11 is 5.57. The van der Waals surface area contributed by atoms with Gasteiger partial charge in [0.2, 0.25) is 0 Å². The molecule has 0 spiro atoms. The van der Waals surface area contributed by atoms with E-state index in [0.717, 1.165) is 19.2 Å². The first-order chi connectivity index (χ1) is 9.61. The lowest BCUT2D eigenvalue weighted by molar-refractivity contribution is -0.143. The van der Waals surface area contributed by atoms with Gasteiger partial charge in [0, 0.05) is 12.6 Å². The average molecular weight is 323 g/mol. The fourth-order valence-corrected chi connectivity index (χ4v) is 2.00. The molecule has 1 N–H and O–H groups in total. The summed E-state index contributed by atoms with van der Waals surface area (Å²) < 4.78 is 52.4. The SMILES string of the molecule is Cn1nc(-c2cc(C(=O)O)c(Cl)cc2F)cc1C(F)(F)F. The highest BCUT2D eigenvalue weighted by Crippen LogP contribution is 2.33. The molecular formula is C12H7ClF4N2O2. The quantitative estimate of drug-likeness (QED) is 0.860. The molecule has 0 saturated heterocycles. The first-order valence-corrected chi connectivity index (χ1v) is 5.83. The largest absolute Gasteiger partial charge is 0.478 e. The number of carbonyl (C=O) groups is 1. The zero-order chi connectivity index (χ0) is 15.9. The van der Waals surface area contributed by atoms with E-state index in [1.807, 2.05) is 0 Å². The number of hydrogen-bond acceptors (Lipinski definition) is 2. The Bertz CT molecular complexity index is 725. The number of aryl methyl sites for hydroxylation is 1. The number of halogens is 5. The molecule has 0 unspecified atom stereocenters. The fourth-order valence-electron chi connectivity index (χ4n) is 1.77. The minimum Gasteiger partial charge on any atom is -0.478 e. The molecule has 0 atom stereocenters. The third-order valence-electron chi connectivity index (χ3n) is 2.73. The van der Waals surface area contributed by atoms with Gasteiger partial charge in [-0.15, -0.1) is 0 Å². The molecule has 0 radical (unpaired) electrons. The third-order valence-corrected chi connectivity index (χ3v) is 3.05. The molecule has 1 aromatic heterocycles. The second-order valence-corrected chi connectivity index (χ2v) is 4.56. The van der Waals surface area contributed by atoms with Crippen LogP contribution in [0.4, 0.5) is 17.6 Å². The first-order valence-electron chi connectivity index (χ1n) is 5.45. The summed E-state index contributed by atoms with van der Waals surface area (Å²) in [5.41, 5.74) is -2.21. The van der Waals surface area contributed by atoms with Crippen molar-refractivity contribution in [3.8, 4) is 11.3 Å². The summed E-state index contributed by atoms with van der Waals surface area (Å²) in [7, 11) is 1.05. The Morgan fingerprint density at radius 2 is 1.95 bits per heavy atom. The second-order valence-electron chi connectivity index (χ2n) is 4.15. The number of nitrogens with zero attached hydrogens (tertiary/aromatic N) is 2. The highest BCUT2D eigenvalue weighted by atomic mass is 35.5. The molecule has 0 aliphatic heterocycles. The van der Waals surface area contributed by atoms with Gasteiger partial charge in [0.25, 0.3) is 0 Å². The molecule has 0 aliphatic rings. The van der Waals surface area contributed by atoms with E-state index < -0.39 is 29.2 Å². The van der Waals surface area contributed by atoms with Crippen LogP contribution in [-0.4, -0.2) is 20.9 Å². The van der Waals surface area contributed by atoms with Crippen LogP contribution < -0.4 is 0 Å². The van der Waals surface area contributed by atoms with Gasteiger partial charge in [-0.05, 0) is 18.2 Å². The molecule has 9 heteroatoms. The summed E-state index contributed by atoms with van der Waals surface area (Å²) in [6.45, 7) is 0. The number of hydrogen-bond donors (Lipinski definition) is 1. The smallest absolute Gasteiger partial charge is 0.433 e. The molecule has 4 nitrogen and oxygen atoms in total. The van der Waals surface area contributed by atoms with Gasteiger partial charge in [0.15, 0.2) is 0 Å². The standard InChI is InChI=1S/C12H7ClF4N2O2/c1-19-10(12(15,16)17)4-9(18-19)6-2-5(11(20)21)7(13)3-8(6)14/h2-4H,1H3,(H,20,21). The topological polar surface area (TPSA) is 55.1 Å². The molecule has 1 aromatic carbocycles. The monoisotopic (exact) mass is 322 g/mol. The van der Waals surface area contributed by atoms with Crippen LogP contribution in [0.5, 0.6) is 0 Å². The lowest BCUT2D eigenvalue weighted by atomic mass is 10.1. The number of aromatic nitrogens is 2. The van der Waals surface area contributed by atoms with E-state index in [9.17, 15) is 22.4 Å². The molecule has 2 rings (SSSR count). The van der Waals surface area contributed by atoms with Crippen LogP contribution in [0.3, 0.4) is 0 Å². The molecule has 0 fully saturated rings. The van der Waals surface area contributed by atoms with Crippen molar-refractivity contribution in [2.45, 2.75) is 6.18 Å². The average Bonchev–Trinajstić information content (AvgIpc) is 2.70. The van der Waals surface area contributed by atoms with Crippen LogP contribution in [0, 0.1) is 5.82 Å². The van der Waals surface area contributed by atoms with Crippen LogP contribution in [0.25, 0.3) is 11.3 Å². The molecule has 0 aliphatic carbocycles. The maximum Gasteiger partial charge on any atom is 0.433 e. The van der Waals surface area contributed by atoms with Crippen molar-refractivity contribution in [3.05, 3.63) is 40.3 Å². The number of rotatable bonds is 2. The first kappa shape index (κ1) is 15.3. The van der Waals surface area contributed by atoms with Gasteiger partial charge in [-0.25, -0.2) is 9.18 Å². The third kappa shape index (κ3) is 2.85. The number of carboxylic acids is 1. The second kappa shape index (κ2) is 5.03. The van der Waals surface area contributed by atoms with Crippen LogP contribution in [-0.2, 0) is 13.2 Å². The van der Waals surface area contributed by atoms with Gasteiger partial charge in [-0.3, -0.25) is 4.68 Å². The van der Waals surface area contributed by atoms with Gasteiger partial charge >= 0.3 is 12.1 Å². The van der Waals surface area contributed by atoms with E-state index in [4.69, 9.17) is 16.7 Å². The summed E-state index contributed by atoms with van der Waals surface area (Å²) in [5, 5.41) is 12.1. The molecule has 112 valence electrons. The van der Waals surface area contributed by atoms with Crippen molar-refractivity contribution < 1.29 is 27.5 Å². The van der Waals surface area contributed by atoms with Gasteiger partial charge in [0.1, 0.15) is 11.5 Å². The van der Waals surface area contributed by atoms with Gasteiger partial charge < -0.3 is 5.11 Å². The summed E-state index contributed by atoms with van der Waals surface area (Å²) in [5.74, 6) is -2.38. The van der Waals surface area contributed by atoms with Crippen molar-refractivity contribution in [2.24, 2.45) is 7.05 Å². The van der Waals surface area contributed by atoms with Crippen LogP contribution in [0.1, 0.15) is 16.1 Å². The zero-order valence-corrected chi connectivity index (χ0v) is 11.1. The van der Waals surface area contributed by atoms with Gasteiger partial charge in [-0.1, -0.05) is 11.6 Å². The van der Waals surface area contributed by atoms with Crippen LogP contribution >= 0.6 is 11.6 Å². The van der Waals surface area contributed by atoms with Crippen LogP contribution in [0.15, 0.2) is 18.2 Å². The van der Waals surface area contributed by atoms with E-state index in [1.54, 1.807) is 0 Å². The Balaban J connectivity index is 2.62. The molecule has 2 aromatic rings. The Hall–Kier alpha value is -2.09. The van der Waals surface area contributed by atoms with Crippen molar-refractivity contribution in [1.82, 2.24) is 9.78 Å². The van der Waals surface area contributed by atoms with Gasteiger partial charge in [0.05, 0.1) is 16.3 Å². The van der Waals surface area contributed by atoms with Crippen molar-refractivity contribution >= 4 is 17.6 Å². The molecular weight excluding hydrogens is 316 g/mol. The molecule has 0 saturated carbocycles. The summed E-state index contributed by atoms with van der Waals surface area (Å²) in [6.07, 6.45) is -4.65. The van der Waals surface area contributed by atoms with E-state index in [1.165, 1.54) is 0 Å². The van der Waals surface area contributed by atoms with E-state index in [2.05, 4.69) is 5.10 Å². The fraction of sp³-hybridized carbons (Fsp3) is 0.167. The number of benzene rings is 1. The lowest BCUT2D eigenvalue weighted by Gasteiger charge is -2.04. The highest BCUT2D eigenvalue weighted by Gasteiger charge is 2.35. The number of carboxylic acid groups (broad SMARTS) is 1. The Morgan fingerprint density at radius 1 is 1.33 bits per heavy atom. The zero-order valence-electron chi connectivity index (χ0n) is 10.4. The maximum atomic E-state index is 13.8. The number of aromatic carboxylic acids is 1. The molecule has 0 bridgehead atoms. The Morgan fingerprint density at radius 3 is 2.43 bits per heavy atom. The van der Waals surface area contributed by atoms with Crippen molar-refractivity contribution in [1.29, 1.82) is 0 Å². The van der Waals surface area contributed by atoms with E-state index in [0.29, 0.717) is 10.7 Å². The molecule has 21 heavy (non-hydrogen) atoms. The highest BCUT2D eigenvalue weighted by molar-refractivity contribution is 6.33. The van der Waals surface area contributed by atoms with E-state index >= 15 is 0 Å². The predicted molar refractivity (Wildman–Crippen MR) is 65.6 cm³/mol.